The molecule has 16 nitrogen and oxygen atoms in total. The smallest absolute Gasteiger partial charge is 0.253 e. The number of benzene rings is 1. The fraction of sp³-hybridized carbons (Fsp3) is 0.512. The van der Waals surface area contributed by atoms with Gasteiger partial charge in [0.15, 0.2) is 16.6 Å². The van der Waals surface area contributed by atoms with Crippen molar-refractivity contribution in [3.05, 3.63) is 60.0 Å². The van der Waals surface area contributed by atoms with Gasteiger partial charge in [0.05, 0.1) is 69.5 Å². The van der Waals surface area contributed by atoms with Crippen LogP contribution >= 0.6 is 23.1 Å². The topological polar surface area (TPSA) is 184 Å². The van der Waals surface area contributed by atoms with Gasteiger partial charge in [-0.3, -0.25) is 29.0 Å². The molecule has 1 aromatic carbocycles. The number of hydrogen-bond donors (Lipinski definition) is 2. The largest absolute Gasteiger partial charge is 0.493 e. The van der Waals surface area contributed by atoms with Gasteiger partial charge in [-0.2, -0.15) is 0 Å². The fourth-order valence-corrected chi connectivity index (χ4v) is 7.78. The molecule has 5 rings (SSSR count). The van der Waals surface area contributed by atoms with Crippen LogP contribution in [-0.2, 0) is 39.8 Å². The van der Waals surface area contributed by atoms with Crippen molar-refractivity contribution in [2.24, 2.45) is 5.92 Å². The zero-order chi connectivity index (χ0) is 42.2. The number of piperidine rings is 1. The average molecular weight is 855 g/mol. The van der Waals surface area contributed by atoms with Gasteiger partial charge in [0, 0.05) is 30.5 Å². The Morgan fingerprint density at radius 2 is 1.69 bits per heavy atom. The lowest BCUT2D eigenvalue weighted by atomic mass is 9.94. The minimum absolute atomic E-state index is 0.0471. The van der Waals surface area contributed by atoms with E-state index < -0.39 is 5.91 Å². The lowest BCUT2D eigenvalue weighted by Gasteiger charge is -2.30. The lowest BCUT2D eigenvalue weighted by molar-refractivity contribution is -0.139. The molecule has 0 bridgehead atoms. The first kappa shape index (κ1) is 45.3. The summed E-state index contributed by atoms with van der Waals surface area (Å²) in [5.41, 5.74) is 0.542. The van der Waals surface area contributed by atoms with Gasteiger partial charge < -0.3 is 38.7 Å². The molecular formula is C41H54N6O10S2. The van der Waals surface area contributed by atoms with Crippen LogP contribution in [-0.4, -0.2) is 123 Å². The monoisotopic (exact) mass is 854 g/mol. The van der Waals surface area contributed by atoms with E-state index >= 15 is 0 Å². The molecule has 2 aliphatic heterocycles. The van der Waals surface area contributed by atoms with Gasteiger partial charge in [-0.1, -0.05) is 38.2 Å². The van der Waals surface area contributed by atoms with Gasteiger partial charge in [-0.15, -0.1) is 11.8 Å². The van der Waals surface area contributed by atoms with Crippen LogP contribution in [0.15, 0.2) is 51.4 Å². The number of hydrogen-bond acceptors (Lipinski definition) is 15. The SMILES string of the molecule is COc1cc(/C=C/C(=O)N2CCC=CC2=O)cc(OC)c1OCCOCCOCCNC(=O)CN1CCC(C(=O)Nc2ncc(SCc3ncc(C(C)(C)C)o3)s2)CC1. The minimum Gasteiger partial charge on any atom is -0.493 e. The first-order valence-electron chi connectivity index (χ1n) is 19.5. The molecule has 0 radical (unpaired) electrons. The molecule has 4 heterocycles. The third-order valence-electron chi connectivity index (χ3n) is 9.30. The molecule has 0 aliphatic carbocycles. The Kier molecular flexibility index (Phi) is 17.3. The number of nitrogens with zero attached hydrogens (tertiary/aromatic N) is 4. The summed E-state index contributed by atoms with van der Waals surface area (Å²) in [7, 11) is 3.01. The normalized spacial score (nSPS) is 15.1. The number of imide groups is 1. The van der Waals surface area contributed by atoms with E-state index in [1.165, 1.54) is 42.6 Å². The number of amides is 4. The Balaban J connectivity index is 0.890. The van der Waals surface area contributed by atoms with Crippen molar-refractivity contribution in [3.63, 3.8) is 0 Å². The Bertz CT molecular complexity index is 1910. The predicted octanol–water partition coefficient (Wildman–Crippen LogP) is 4.95. The third kappa shape index (κ3) is 14.2. The zero-order valence-electron chi connectivity index (χ0n) is 34.3. The van der Waals surface area contributed by atoms with Crippen molar-refractivity contribution in [2.75, 3.05) is 85.3 Å². The van der Waals surface area contributed by atoms with E-state index in [-0.39, 0.29) is 48.8 Å². The molecule has 0 atom stereocenters. The van der Waals surface area contributed by atoms with Crippen molar-refractivity contribution < 1.29 is 47.3 Å². The van der Waals surface area contributed by atoms with Crippen LogP contribution in [0.5, 0.6) is 17.2 Å². The summed E-state index contributed by atoms with van der Waals surface area (Å²) in [5.74, 6) is 2.31. The second-order valence-corrected chi connectivity index (χ2v) is 17.0. The van der Waals surface area contributed by atoms with Crippen LogP contribution in [0.1, 0.15) is 57.2 Å². The summed E-state index contributed by atoms with van der Waals surface area (Å²) in [6.45, 7) is 10.1. The Morgan fingerprint density at radius 3 is 2.37 bits per heavy atom. The maximum Gasteiger partial charge on any atom is 0.253 e. The van der Waals surface area contributed by atoms with Crippen LogP contribution in [0, 0.1) is 5.92 Å². The van der Waals surface area contributed by atoms with Gasteiger partial charge in [-0.05, 0) is 62.2 Å². The minimum atomic E-state index is -0.399. The molecule has 2 aromatic heterocycles. The summed E-state index contributed by atoms with van der Waals surface area (Å²) < 4.78 is 35.0. The molecule has 1 saturated heterocycles. The number of ether oxygens (including phenoxy) is 5. The van der Waals surface area contributed by atoms with Crippen molar-refractivity contribution in [1.29, 1.82) is 0 Å². The fourth-order valence-electron chi connectivity index (χ4n) is 6.05. The molecule has 3 aromatic rings. The summed E-state index contributed by atoms with van der Waals surface area (Å²) in [6, 6.07) is 3.42. The van der Waals surface area contributed by atoms with Crippen LogP contribution < -0.4 is 24.8 Å². The van der Waals surface area contributed by atoms with Gasteiger partial charge >= 0.3 is 0 Å². The highest BCUT2D eigenvalue weighted by Gasteiger charge is 2.27. The number of anilines is 1. The van der Waals surface area contributed by atoms with Gasteiger partial charge in [-0.25, -0.2) is 9.97 Å². The number of thiazole rings is 1. The van der Waals surface area contributed by atoms with Crippen molar-refractivity contribution >= 4 is 57.9 Å². The maximum atomic E-state index is 12.9. The van der Waals surface area contributed by atoms with Crippen molar-refractivity contribution in [2.45, 2.75) is 55.4 Å². The molecular weight excluding hydrogens is 801 g/mol. The second-order valence-electron chi connectivity index (χ2n) is 14.7. The molecule has 0 saturated carbocycles. The van der Waals surface area contributed by atoms with E-state index in [0.29, 0.717) is 105 Å². The number of thioether (sulfide) groups is 1. The third-order valence-corrected chi connectivity index (χ3v) is 11.4. The molecule has 0 unspecified atom stereocenters. The van der Waals surface area contributed by atoms with Gasteiger partial charge in [0.1, 0.15) is 12.4 Å². The van der Waals surface area contributed by atoms with E-state index in [0.717, 1.165) is 9.97 Å². The molecule has 2 aliphatic rings. The Labute approximate surface area is 353 Å². The van der Waals surface area contributed by atoms with E-state index in [2.05, 4.69) is 46.3 Å². The standard InChI is InChI=1S/C41H54N6O10S2/c1-41(2,3)32-24-43-34(57-32)27-58-37-25-44-40(59-37)45-39(51)29-11-15-46(16-12-29)26-33(48)42-13-17-54-18-19-55-20-21-56-38-30(52-4)22-28(23-31(38)53-5)9-10-36(50)47-14-7-6-8-35(47)49/h6,8-10,22-25,29H,7,11-21,26-27H2,1-5H3,(H,42,48)(H,44,45,51)/b10-9+. The van der Waals surface area contributed by atoms with E-state index in [1.54, 1.807) is 48.4 Å². The summed E-state index contributed by atoms with van der Waals surface area (Å²) in [5, 5.41) is 6.41. The number of carbonyl (C=O) groups is 4. The van der Waals surface area contributed by atoms with E-state index in [9.17, 15) is 19.2 Å². The quantitative estimate of drug-likeness (QED) is 0.0834. The molecule has 18 heteroatoms. The van der Waals surface area contributed by atoms with Gasteiger partial charge in [0.2, 0.25) is 23.5 Å². The number of aromatic nitrogens is 2. The lowest BCUT2D eigenvalue weighted by Crippen LogP contribution is -2.44. The molecule has 2 N–H and O–H groups in total. The first-order valence-corrected chi connectivity index (χ1v) is 21.3. The zero-order valence-corrected chi connectivity index (χ0v) is 35.9. The van der Waals surface area contributed by atoms with Gasteiger partial charge in [0.25, 0.3) is 11.8 Å². The number of rotatable bonds is 21. The van der Waals surface area contributed by atoms with Crippen LogP contribution in [0.3, 0.4) is 0 Å². The molecule has 0 spiro atoms. The van der Waals surface area contributed by atoms with E-state index in [4.69, 9.17) is 28.1 Å². The van der Waals surface area contributed by atoms with Crippen LogP contribution in [0.2, 0.25) is 0 Å². The average Bonchev–Trinajstić information content (AvgIpc) is 3.90. The van der Waals surface area contributed by atoms with Crippen LogP contribution in [0.25, 0.3) is 6.08 Å². The number of methoxy groups -OCH3 is 2. The Hall–Kier alpha value is -4.75. The summed E-state index contributed by atoms with van der Waals surface area (Å²) >= 11 is 3.00. The number of oxazole rings is 1. The summed E-state index contributed by atoms with van der Waals surface area (Å²) in [6.07, 6.45) is 11.6. The predicted molar refractivity (Wildman–Crippen MR) is 224 cm³/mol. The first-order chi connectivity index (χ1) is 28.4. The number of carbonyl (C=O) groups excluding carboxylic acids is 4. The molecule has 1 fully saturated rings. The van der Waals surface area contributed by atoms with Crippen LogP contribution in [0.4, 0.5) is 5.13 Å². The molecule has 320 valence electrons. The maximum absolute atomic E-state index is 12.9. The summed E-state index contributed by atoms with van der Waals surface area (Å²) in [4.78, 5) is 61.9. The molecule has 59 heavy (non-hydrogen) atoms. The van der Waals surface area contributed by atoms with Crippen molar-refractivity contribution in [1.82, 2.24) is 25.1 Å². The second kappa shape index (κ2) is 22.6. The molecule has 4 amide bonds. The number of likely N-dealkylation sites (tertiary alicyclic amines) is 1. The van der Waals surface area contributed by atoms with E-state index in [1.807, 2.05) is 0 Å². The highest BCUT2D eigenvalue weighted by atomic mass is 32.2. The van der Waals surface area contributed by atoms with Crippen molar-refractivity contribution in [3.8, 4) is 17.2 Å². The highest BCUT2D eigenvalue weighted by Crippen LogP contribution is 2.39. The Morgan fingerprint density at radius 1 is 0.983 bits per heavy atom. The number of nitrogens with one attached hydrogen (secondary N) is 2. The highest BCUT2D eigenvalue weighted by molar-refractivity contribution is 8.00.